The van der Waals surface area contributed by atoms with E-state index in [2.05, 4.69) is 18.3 Å². The van der Waals surface area contributed by atoms with Crippen LogP contribution in [-0.4, -0.2) is 17.9 Å². The van der Waals surface area contributed by atoms with Crippen molar-refractivity contribution in [1.29, 1.82) is 0 Å². The summed E-state index contributed by atoms with van der Waals surface area (Å²) in [6.07, 6.45) is 1.13. The molecule has 1 heterocycles. The molecule has 1 aliphatic rings. The summed E-state index contributed by atoms with van der Waals surface area (Å²) in [5, 5.41) is 2.90. The van der Waals surface area contributed by atoms with E-state index in [1.807, 2.05) is 53.4 Å². The van der Waals surface area contributed by atoms with Gasteiger partial charge in [0.1, 0.15) is 0 Å². The summed E-state index contributed by atoms with van der Waals surface area (Å²) in [7, 11) is 0. The molecule has 0 saturated heterocycles. The van der Waals surface area contributed by atoms with Crippen LogP contribution in [-0.2, 0) is 16.0 Å². The van der Waals surface area contributed by atoms with Crippen LogP contribution < -0.4 is 10.2 Å². The summed E-state index contributed by atoms with van der Waals surface area (Å²) < 4.78 is 0. The lowest BCUT2D eigenvalue weighted by molar-refractivity contribution is -0.121. The molecule has 2 amide bonds. The lowest BCUT2D eigenvalue weighted by atomic mass is 10.0. The zero-order chi connectivity index (χ0) is 17.1. The summed E-state index contributed by atoms with van der Waals surface area (Å²) in [4.78, 5) is 26.4. The number of amides is 2. The van der Waals surface area contributed by atoms with Crippen LogP contribution in [0.1, 0.15) is 37.4 Å². The van der Waals surface area contributed by atoms with Crippen LogP contribution in [0.3, 0.4) is 0 Å². The summed E-state index contributed by atoms with van der Waals surface area (Å²) in [6, 6.07) is 17.5. The highest BCUT2D eigenvalue weighted by Crippen LogP contribution is 2.33. The van der Waals surface area contributed by atoms with Gasteiger partial charge >= 0.3 is 0 Å². The van der Waals surface area contributed by atoms with Gasteiger partial charge in [-0.3, -0.25) is 9.59 Å². The molecule has 24 heavy (non-hydrogen) atoms. The Hall–Kier alpha value is -2.62. The summed E-state index contributed by atoms with van der Waals surface area (Å²) >= 11 is 0. The molecule has 0 fully saturated rings. The monoisotopic (exact) mass is 322 g/mol. The maximum absolute atomic E-state index is 13.0. The molecule has 0 radical (unpaired) electrons. The molecule has 0 aliphatic carbocycles. The van der Waals surface area contributed by atoms with Crippen molar-refractivity contribution < 1.29 is 9.59 Å². The van der Waals surface area contributed by atoms with Crippen LogP contribution in [0, 0.1) is 0 Å². The van der Waals surface area contributed by atoms with Crippen molar-refractivity contribution in [3.63, 3.8) is 0 Å². The molecule has 0 saturated carbocycles. The number of hydrogen-bond donors (Lipinski definition) is 1. The van der Waals surface area contributed by atoms with Gasteiger partial charge in [-0.15, -0.1) is 0 Å². The molecule has 2 unspecified atom stereocenters. The van der Waals surface area contributed by atoms with Crippen LogP contribution in [0.15, 0.2) is 54.6 Å². The summed E-state index contributed by atoms with van der Waals surface area (Å²) in [6.45, 7) is 3.54. The number of fused-ring (bicyclic) bond motifs is 1. The lowest BCUT2D eigenvalue weighted by Gasteiger charge is -2.26. The summed E-state index contributed by atoms with van der Waals surface area (Å²) in [5.41, 5.74) is 3.14. The minimum Gasteiger partial charge on any atom is -0.349 e. The maximum Gasteiger partial charge on any atom is 0.229 e. The summed E-state index contributed by atoms with van der Waals surface area (Å²) in [5.74, 6) is -0.0958. The van der Waals surface area contributed by atoms with Gasteiger partial charge in [0.05, 0.1) is 12.5 Å². The molecule has 4 heteroatoms. The van der Waals surface area contributed by atoms with Crippen LogP contribution in [0.2, 0.25) is 0 Å². The largest absolute Gasteiger partial charge is 0.349 e. The van der Waals surface area contributed by atoms with Gasteiger partial charge in [0.15, 0.2) is 0 Å². The third-order valence-corrected chi connectivity index (χ3v) is 4.43. The Balaban J connectivity index is 1.82. The first-order valence-electron chi connectivity index (χ1n) is 8.28. The van der Waals surface area contributed by atoms with E-state index < -0.39 is 0 Å². The highest BCUT2D eigenvalue weighted by molar-refractivity contribution is 5.96. The van der Waals surface area contributed by atoms with E-state index in [1.165, 1.54) is 12.5 Å². The fourth-order valence-corrected chi connectivity index (χ4v) is 3.40. The van der Waals surface area contributed by atoms with Crippen molar-refractivity contribution in [3.05, 3.63) is 65.7 Å². The zero-order valence-electron chi connectivity index (χ0n) is 14.0. The molecular formula is C20H22N2O2. The first-order chi connectivity index (χ1) is 11.6. The lowest BCUT2D eigenvalue weighted by Crippen LogP contribution is -2.39. The van der Waals surface area contributed by atoms with Crippen molar-refractivity contribution >= 4 is 17.5 Å². The van der Waals surface area contributed by atoms with Gasteiger partial charge in [0.2, 0.25) is 11.8 Å². The van der Waals surface area contributed by atoms with Gasteiger partial charge in [-0.1, -0.05) is 48.5 Å². The van der Waals surface area contributed by atoms with Gasteiger partial charge in [0, 0.05) is 18.7 Å². The number of benzene rings is 2. The highest BCUT2D eigenvalue weighted by Gasteiger charge is 2.32. The zero-order valence-corrected chi connectivity index (χ0v) is 14.0. The third kappa shape index (κ3) is 3.32. The SMILES string of the molecule is CC(=O)NC(CC(=O)N1c2ccccc2CC1C)c1ccccc1. The predicted molar refractivity (Wildman–Crippen MR) is 94.7 cm³/mol. The number of hydrogen-bond acceptors (Lipinski definition) is 2. The topological polar surface area (TPSA) is 49.4 Å². The van der Waals surface area contributed by atoms with Crippen molar-refractivity contribution in [2.45, 2.75) is 38.8 Å². The number of carbonyl (C=O) groups is 2. The molecule has 2 aromatic rings. The smallest absolute Gasteiger partial charge is 0.229 e. The Morgan fingerprint density at radius 2 is 1.79 bits per heavy atom. The molecule has 0 aromatic heterocycles. The molecular weight excluding hydrogens is 300 g/mol. The molecule has 2 atom stereocenters. The maximum atomic E-state index is 13.0. The normalized spacial score (nSPS) is 17.2. The van der Waals surface area contributed by atoms with E-state index in [9.17, 15) is 9.59 Å². The van der Waals surface area contributed by atoms with E-state index in [0.717, 1.165) is 17.7 Å². The van der Waals surface area contributed by atoms with E-state index in [-0.39, 0.29) is 30.3 Å². The second-order valence-electron chi connectivity index (χ2n) is 6.31. The van der Waals surface area contributed by atoms with Crippen molar-refractivity contribution in [2.24, 2.45) is 0 Å². The fraction of sp³-hybridized carbons (Fsp3) is 0.300. The number of nitrogens with zero attached hydrogens (tertiary/aromatic N) is 1. The number of anilines is 1. The Morgan fingerprint density at radius 1 is 1.12 bits per heavy atom. The van der Waals surface area contributed by atoms with Gasteiger partial charge in [-0.25, -0.2) is 0 Å². The highest BCUT2D eigenvalue weighted by atomic mass is 16.2. The van der Waals surface area contributed by atoms with E-state index in [0.29, 0.717) is 0 Å². The molecule has 2 aromatic carbocycles. The van der Waals surface area contributed by atoms with Crippen molar-refractivity contribution in [1.82, 2.24) is 5.32 Å². The average molecular weight is 322 g/mol. The Morgan fingerprint density at radius 3 is 2.50 bits per heavy atom. The van der Waals surface area contributed by atoms with E-state index in [1.54, 1.807) is 0 Å². The molecule has 1 aliphatic heterocycles. The second-order valence-corrected chi connectivity index (χ2v) is 6.31. The van der Waals surface area contributed by atoms with Gasteiger partial charge in [-0.2, -0.15) is 0 Å². The predicted octanol–water partition coefficient (Wildman–Crippen LogP) is 3.23. The number of carbonyl (C=O) groups excluding carboxylic acids is 2. The Bertz CT molecular complexity index is 742. The van der Waals surface area contributed by atoms with Gasteiger partial charge < -0.3 is 10.2 Å². The fourth-order valence-electron chi connectivity index (χ4n) is 3.40. The Labute approximate surface area is 142 Å². The molecule has 4 nitrogen and oxygen atoms in total. The van der Waals surface area contributed by atoms with E-state index >= 15 is 0 Å². The standard InChI is InChI=1S/C20H22N2O2/c1-14-12-17-10-6-7-11-19(17)22(14)20(24)13-18(21-15(2)23)16-8-4-3-5-9-16/h3-11,14,18H,12-13H2,1-2H3,(H,21,23). The number of nitrogens with one attached hydrogen (secondary N) is 1. The minimum atomic E-state index is -0.309. The molecule has 3 rings (SSSR count). The molecule has 124 valence electrons. The molecule has 0 bridgehead atoms. The van der Waals surface area contributed by atoms with Crippen LogP contribution >= 0.6 is 0 Å². The number of para-hydroxylation sites is 1. The van der Waals surface area contributed by atoms with E-state index in [4.69, 9.17) is 0 Å². The van der Waals surface area contributed by atoms with Crippen molar-refractivity contribution in [3.8, 4) is 0 Å². The molecule has 1 N–H and O–H groups in total. The average Bonchev–Trinajstić information content (AvgIpc) is 2.90. The first kappa shape index (κ1) is 16.2. The van der Waals surface area contributed by atoms with Crippen LogP contribution in [0.5, 0.6) is 0 Å². The van der Waals surface area contributed by atoms with Crippen LogP contribution in [0.25, 0.3) is 0 Å². The number of rotatable bonds is 4. The van der Waals surface area contributed by atoms with Crippen molar-refractivity contribution in [2.75, 3.05) is 4.90 Å². The Kier molecular flexibility index (Phi) is 4.65. The first-order valence-corrected chi connectivity index (χ1v) is 8.28. The quantitative estimate of drug-likeness (QED) is 0.939. The van der Waals surface area contributed by atoms with Gasteiger partial charge in [0.25, 0.3) is 0 Å². The van der Waals surface area contributed by atoms with Gasteiger partial charge in [-0.05, 0) is 30.5 Å². The molecule has 0 spiro atoms. The second kappa shape index (κ2) is 6.87. The van der Waals surface area contributed by atoms with Crippen LogP contribution in [0.4, 0.5) is 5.69 Å². The minimum absolute atomic E-state index is 0.0371. The third-order valence-electron chi connectivity index (χ3n) is 4.43.